The van der Waals surface area contributed by atoms with Gasteiger partial charge in [0.25, 0.3) is 0 Å². The van der Waals surface area contributed by atoms with Crippen LogP contribution in [-0.2, 0) is 6.42 Å². The summed E-state index contributed by atoms with van der Waals surface area (Å²) in [6.45, 7) is 8.35. The van der Waals surface area contributed by atoms with Crippen LogP contribution < -0.4 is 5.32 Å². The molecule has 1 fully saturated rings. The minimum Gasteiger partial charge on any atom is -0.339 e. The average molecular weight is 392 g/mol. The van der Waals surface area contributed by atoms with Crippen molar-refractivity contribution >= 4 is 34.0 Å². The summed E-state index contributed by atoms with van der Waals surface area (Å²) >= 11 is 6.28. The van der Waals surface area contributed by atoms with Crippen molar-refractivity contribution in [3.63, 3.8) is 0 Å². The van der Waals surface area contributed by atoms with E-state index in [0.29, 0.717) is 0 Å². The largest absolute Gasteiger partial charge is 0.339 e. The Morgan fingerprint density at radius 2 is 1.93 bits per heavy atom. The highest BCUT2D eigenvalue weighted by molar-refractivity contribution is 6.31. The van der Waals surface area contributed by atoms with Crippen LogP contribution in [-0.4, -0.2) is 9.97 Å². The smallest absolute Gasteiger partial charge is 0.141 e. The molecule has 0 bridgehead atoms. The molecule has 1 N–H and O–H groups in total. The molecule has 0 unspecified atom stereocenters. The van der Waals surface area contributed by atoms with Gasteiger partial charge < -0.3 is 5.32 Å². The zero-order valence-electron chi connectivity index (χ0n) is 16.6. The third kappa shape index (κ3) is 3.90. The lowest BCUT2D eigenvalue weighted by atomic mass is 9.82. The molecular formula is C24H26ClN3. The topological polar surface area (TPSA) is 37.8 Å². The molecule has 0 spiro atoms. The predicted molar refractivity (Wildman–Crippen MR) is 119 cm³/mol. The maximum absolute atomic E-state index is 6.28. The predicted octanol–water partition coefficient (Wildman–Crippen LogP) is 6.93. The number of hydrogen-bond donors (Lipinski definition) is 1. The highest BCUT2D eigenvalue weighted by atomic mass is 35.5. The number of aromatic nitrogens is 2. The van der Waals surface area contributed by atoms with Crippen LogP contribution in [0.5, 0.6) is 0 Å². The van der Waals surface area contributed by atoms with Gasteiger partial charge in [-0.2, -0.15) is 0 Å². The van der Waals surface area contributed by atoms with Gasteiger partial charge in [-0.05, 0) is 92.8 Å². The number of nitrogens with zero attached hydrogens (tertiary/aromatic N) is 2. The second kappa shape index (κ2) is 7.92. The molecule has 0 aliphatic heterocycles. The number of allylic oxidation sites excluding steroid dienone is 1. The number of fused-ring (bicyclic) bond motifs is 1. The molecule has 1 aliphatic rings. The Morgan fingerprint density at radius 1 is 1.14 bits per heavy atom. The summed E-state index contributed by atoms with van der Waals surface area (Å²) < 4.78 is 0. The van der Waals surface area contributed by atoms with E-state index in [-0.39, 0.29) is 0 Å². The highest BCUT2D eigenvalue weighted by Gasteiger charge is 2.18. The molecule has 0 atom stereocenters. The Bertz CT molecular complexity index is 1030. The van der Waals surface area contributed by atoms with Crippen LogP contribution in [0.3, 0.4) is 0 Å². The van der Waals surface area contributed by atoms with Crippen molar-refractivity contribution in [3.8, 4) is 0 Å². The molecule has 1 aromatic heterocycles. The summed E-state index contributed by atoms with van der Waals surface area (Å²) in [5.74, 6) is 1.56. The van der Waals surface area contributed by atoms with Gasteiger partial charge in [0.05, 0.1) is 5.52 Å². The van der Waals surface area contributed by atoms with Gasteiger partial charge in [0.1, 0.15) is 12.1 Å². The second-order valence-electron chi connectivity index (χ2n) is 7.95. The van der Waals surface area contributed by atoms with E-state index in [1.165, 1.54) is 42.4 Å². The molecule has 0 radical (unpaired) electrons. The SMILES string of the molecule is C=C1CCC(Cc2cc3c(Nc4cccc(Cl)c4C)ncnc3cc2C)CC1. The van der Waals surface area contributed by atoms with Crippen molar-refractivity contribution in [2.45, 2.75) is 46.0 Å². The van der Waals surface area contributed by atoms with E-state index >= 15 is 0 Å². The molecule has 0 saturated heterocycles. The average Bonchev–Trinajstić information content (AvgIpc) is 2.68. The molecule has 1 heterocycles. The minimum absolute atomic E-state index is 0.734. The summed E-state index contributed by atoms with van der Waals surface area (Å²) in [6, 6.07) is 10.3. The molecule has 144 valence electrons. The Labute approximate surface area is 171 Å². The zero-order chi connectivity index (χ0) is 19.7. The van der Waals surface area contributed by atoms with Crippen LogP contribution in [0.25, 0.3) is 10.9 Å². The first-order chi connectivity index (χ1) is 13.5. The van der Waals surface area contributed by atoms with Crippen LogP contribution in [0.4, 0.5) is 11.5 Å². The van der Waals surface area contributed by atoms with Crippen molar-refractivity contribution in [1.82, 2.24) is 9.97 Å². The normalized spacial score (nSPS) is 15.2. The van der Waals surface area contributed by atoms with Gasteiger partial charge in [0.15, 0.2) is 0 Å². The zero-order valence-corrected chi connectivity index (χ0v) is 17.3. The summed E-state index contributed by atoms with van der Waals surface area (Å²) in [6.07, 6.45) is 7.56. The number of aryl methyl sites for hydroxylation is 1. The fourth-order valence-electron chi connectivity index (χ4n) is 4.04. The van der Waals surface area contributed by atoms with E-state index < -0.39 is 0 Å². The number of rotatable bonds is 4. The van der Waals surface area contributed by atoms with Crippen LogP contribution >= 0.6 is 11.6 Å². The van der Waals surface area contributed by atoms with E-state index in [2.05, 4.69) is 40.9 Å². The van der Waals surface area contributed by atoms with Crippen molar-refractivity contribution in [2.24, 2.45) is 5.92 Å². The number of nitrogens with one attached hydrogen (secondary N) is 1. The third-order valence-corrected chi connectivity index (χ3v) is 6.34. The number of halogens is 1. The van der Waals surface area contributed by atoms with Gasteiger partial charge in [-0.25, -0.2) is 9.97 Å². The van der Waals surface area contributed by atoms with Crippen LogP contribution in [0.15, 0.2) is 48.8 Å². The molecule has 2 aromatic carbocycles. The Balaban J connectivity index is 1.68. The van der Waals surface area contributed by atoms with Gasteiger partial charge in [0, 0.05) is 16.1 Å². The molecule has 1 saturated carbocycles. The van der Waals surface area contributed by atoms with Crippen molar-refractivity contribution in [1.29, 1.82) is 0 Å². The molecule has 3 nitrogen and oxygen atoms in total. The lowest BCUT2D eigenvalue weighted by Gasteiger charge is -2.24. The van der Waals surface area contributed by atoms with E-state index in [1.807, 2.05) is 25.1 Å². The molecule has 0 amide bonds. The summed E-state index contributed by atoms with van der Waals surface area (Å²) in [7, 11) is 0. The first-order valence-electron chi connectivity index (χ1n) is 9.94. The lowest BCUT2D eigenvalue weighted by molar-refractivity contribution is 0.407. The standard InChI is InChI=1S/C24H26ClN3/c1-15-7-9-18(10-8-15)12-19-13-20-23(11-16(19)2)26-14-27-24(20)28-22-6-4-5-21(25)17(22)3/h4-6,11,13-14,18H,1,7-10,12H2,2-3H3,(H,26,27,28). The number of benzene rings is 2. The van der Waals surface area contributed by atoms with Gasteiger partial charge in [-0.3, -0.25) is 0 Å². The maximum Gasteiger partial charge on any atom is 0.141 e. The Kier molecular flexibility index (Phi) is 5.36. The number of anilines is 2. The quantitative estimate of drug-likeness (QED) is 0.490. The monoisotopic (exact) mass is 391 g/mol. The van der Waals surface area contributed by atoms with Crippen molar-refractivity contribution < 1.29 is 0 Å². The van der Waals surface area contributed by atoms with Gasteiger partial charge >= 0.3 is 0 Å². The Hall–Kier alpha value is -2.39. The van der Waals surface area contributed by atoms with E-state index in [9.17, 15) is 0 Å². The first kappa shape index (κ1) is 18.9. The maximum atomic E-state index is 6.28. The summed E-state index contributed by atoms with van der Waals surface area (Å²) in [5, 5.41) is 5.27. The van der Waals surface area contributed by atoms with Crippen LogP contribution in [0.2, 0.25) is 5.02 Å². The van der Waals surface area contributed by atoms with Crippen LogP contribution in [0, 0.1) is 19.8 Å². The van der Waals surface area contributed by atoms with Crippen molar-refractivity contribution in [2.75, 3.05) is 5.32 Å². The van der Waals surface area contributed by atoms with E-state index in [4.69, 9.17) is 11.6 Å². The third-order valence-electron chi connectivity index (χ3n) is 5.93. The van der Waals surface area contributed by atoms with E-state index in [1.54, 1.807) is 6.33 Å². The molecule has 3 aromatic rings. The molecule has 1 aliphatic carbocycles. The summed E-state index contributed by atoms with van der Waals surface area (Å²) in [5.41, 5.74) is 7.07. The lowest BCUT2D eigenvalue weighted by Crippen LogP contribution is -2.11. The van der Waals surface area contributed by atoms with Crippen molar-refractivity contribution in [3.05, 3.63) is 70.5 Å². The van der Waals surface area contributed by atoms with Gasteiger partial charge in [-0.15, -0.1) is 0 Å². The van der Waals surface area contributed by atoms with E-state index in [0.717, 1.165) is 45.3 Å². The minimum atomic E-state index is 0.734. The summed E-state index contributed by atoms with van der Waals surface area (Å²) in [4.78, 5) is 9.02. The van der Waals surface area contributed by atoms with Gasteiger partial charge in [0.2, 0.25) is 0 Å². The fraction of sp³-hybridized carbons (Fsp3) is 0.333. The van der Waals surface area contributed by atoms with Crippen LogP contribution in [0.1, 0.15) is 42.4 Å². The fourth-order valence-corrected chi connectivity index (χ4v) is 4.22. The second-order valence-corrected chi connectivity index (χ2v) is 8.36. The highest BCUT2D eigenvalue weighted by Crippen LogP contribution is 2.33. The molecular weight excluding hydrogens is 366 g/mol. The molecule has 4 heteroatoms. The number of hydrogen-bond acceptors (Lipinski definition) is 3. The molecule has 4 rings (SSSR count). The Morgan fingerprint density at radius 3 is 2.71 bits per heavy atom. The first-order valence-corrected chi connectivity index (χ1v) is 10.3. The molecule has 28 heavy (non-hydrogen) atoms. The van der Waals surface area contributed by atoms with Gasteiger partial charge in [-0.1, -0.05) is 29.8 Å².